The van der Waals surface area contributed by atoms with Crippen LogP contribution in [-0.2, 0) is 6.42 Å². The maximum absolute atomic E-state index is 9.83. The Bertz CT molecular complexity index is 687. The molecule has 0 fully saturated rings. The van der Waals surface area contributed by atoms with Crippen LogP contribution in [0.2, 0.25) is 0 Å². The number of benzene rings is 2. The molecule has 0 bridgehead atoms. The van der Waals surface area contributed by atoms with Crippen molar-refractivity contribution in [2.24, 2.45) is 0 Å². The number of imidazole rings is 1. The van der Waals surface area contributed by atoms with E-state index in [1.54, 1.807) is 6.07 Å². The number of aryl methyl sites for hydroxylation is 2. The molecule has 3 nitrogen and oxygen atoms in total. The third kappa shape index (κ3) is 2.19. The highest BCUT2D eigenvalue weighted by atomic mass is 16.3. The molecular formula is C16H16N2O. The molecule has 3 aromatic rings. The highest BCUT2D eigenvalue weighted by molar-refractivity contribution is 5.84. The number of nitrogens with zero attached hydrogens (tertiary/aromatic N) is 1. The predicted molar refractivity (Wildman–Crippen MR) is 76.5 cm³/mol. The minimum Gasteiger partial charge on any atom is -0.506 e. The Hall–Kier alpha value is -2.29. The standard InChI is InChI=1S/C16H16N2O/c1-10-3-6-12(7-4-10)9-14-17-15-11(2)5-8-13(19)16(15)18-14/h3-8,19H,9H2,1-2H3,(H,17,18). The van der Waals surface area contributed by atoms with Crippen molar-refractivity contribution in [3.8, 4) is 5.75 Å². The average molecular weight is 252 g/mol. The SMILES string of the molecule is Cc1ccc(Cc2nc3c(O)ccc(C)c3[nH]2)cc1. The van der Waals surface area contributed by atoms with Gasteiger partial charge in [0.05, 0.1) is 5.52 Å². The van der Waals surface area contributed by atoms with Gasteiger partial charge in [0.1, 0.15) is 17.1 Å². The summed E-state index contributed by atoms with van der Waals surface area (Å²) >= 11 is 0. The van der Waals surface area contributed by atoms with Crippen LogP contribution in [0.25, 0.3) is 11.0 Å². The Morgan fingerprint density at radius 1 is 1.05 bits per heavy atom. The highest BCUT2D eigenvalue weighted by Crippen LogP contribution is 2.25. The van der Waals surface area contributed by atoms with Crippen LogP contribution in [0.15, 0.2) is 36.4 Å². The number of aromatic hydroxyl groups is 1. The normalized spacial score (nSPS) is 11.1. The Morgan fingerprint density at radius 2 is 1.79 bits per heavy atom. The van der Waals surface area contributed by atoms with Gasteiger partial charge in [0.2, 0.25) is 0 Å². The van der Waals surface area contributed by atoms with Gasteiger partial charge in [-0.05, 0) is 31.0 Å². The predicted octanol–water partition coefficient (Wildman–Crippen LogP) is 3.48. The van der Waals surface area contributed by atoms with Gasteiger partial charge in [-0.15, -0.1) is 0 Å². The number of nitrogens with one attached hydrogen (secondary N) is 1. The topological polar surface area (TPSA) is 48.9 Å². The molecule has 0 amide bonds. The number of hydrogen-bond acceptors (Lipinski definition) is 2. The van der Waals surface area contributed by atoms with Crippen LogP contribution in [0.1, 0.15) is 22.5 Å². The first-order chi connectivity index (χ1) is 9.13. The lowest BCUT2D eigenvalue weighted by Crippen LogP contribution is -1.90. The zero-order chi connectivity index (χ0) is 13.4. The zero-order valence-corrected chi connectivity index (χ0v) is 11.1. The average Bonchev–Trinajstić information content (AvgIpc) is 2.82. The molecule has 0 aliphatic heterocycles. The molecule has 19 heavy (non-hydrogen) atoms. The molecule has 0 saturated carbocycles. The summed E-state index contributed by atoms with van der Waals surface area (Å²) in [4.78, 5) is 7.78. The quantitative estimate of drug-likeness (QED) is 0.733. The highest BCUT2D eigenvalue weighted by Gasteiger charge is 2.09. The second-order valence-corrected chi connectivity index (χ2v) is 4.97. The van der Waals surface area contributed by atoms with Gasteiger partial charge >= 0.3 is 0 Å². The number of hydrogen-bond donors (Lipinski definition) is 2. The van der Waals surface area contributed by atoms with Gasteiger partial charge in [0.15, 0.2) is 0 Å². The third-order valence-corrected chi connectivity index (χ3v) is 3.37. The Morgan fingerprint density at radius 3 is 2.47 bits per heavy atom. The van der Waals surface area contributed by atoms with Crippen LogP contribution in [0, 0.1) is 13.8 Å². The summed E-state index contributed by atoms with van der Waals surface area (Å²) in [6, 6.07) is 12.0. The fourth-order valence-electron chi connectivity index (χ4n) is 2.24. The summed E-state index contributed by atoms with van der Waals surface area (Å²) in [6.07, 6.45) is 0.744. The number of H-pyrrole nitrogens is 1. The van der Waals surface area contributed by atoms with E-state index in [-0.39, 0.29) is 5.75 Å². The molecule has 3 rings (SSSR count). The van der Waals surface area contributed by atoms with Gasteiger partial charge in [-0.2, -0.15) is 0 Å². The molecule has 0 spiro atoms. The van der Waals surface area contributed by atoms with Crippen LogP contribution >= 0.6 is 0 Å². The largest absolute Gasteiger partial charge is 0.506 e. The number of phenolic OH excluding ortho intramolecular Hbond substituents is 1. The van der Waals surface area contributed by atoms with Crippen LogP contribution in [-0.4, -0.2) is 15.1 Å². The van der Waals surface area contributed by atoms with Gasteiger partial charge in [-0.3, -0.25) is 0 Å². The van der Waals surface area contributed by atoms with Crippen LogP contribution in [0.5, 0.6) is 5.75 Å². The summed E-state index contributed by atoms with van der Waals surface area (Å²) in [5.74, 6) is 1.11. The summed E-state index contributed by atoms with van der Waals surface area (Å²) in [5, 5.41) is 9.83. The number of aromatic amines is 1. The Balaban J connectivity index is 2.00. The molecule has 1 aromatic heterocycles. The Labute approximate surface area is 111 Å². The van der Waals surface area contributed by atoms with E-state index in [1.165, 1.54) is 11.1 Å². The van der Waals surface area contributed by atoms with Crippen molar-refractivity contribution in [3.63, 3.8) is 0 Å². The molecule has 2 aromatic carbocycles. The number of rotatable bonds is 2. The smallest absolute Gasteiger partial charge is 0.143 e. The maximum atomic E-state index is 9.83. The minimum atomic E-state index is 0.229. The fraction of sp³-hybridized carbons (Fsp3) is 0.188. The van der Waals surface area contributed by atoms with E-state index in [1.807, 2.05) is 13.0 Å². The van der Waals surface area contributed by atoms with Crippen molar-refractivity contribution in [2.45, 2.75) is 20.3 Å². The van der Waals surface area contributed by atoms with Crippen molar-refractivity contribution in [3.05, 3.63) is 58.9 Å². The van der Waals surface area contributed by atoms with Crippen molar-refractivity contribution in [1.29, 1.82) is 0 Å². The fourth-order valence-corrected chi connectivity index (χ4v) is 2.24. The van der Waals surface area contributed by atoms with Gasteiger partial charge in [0.25, 0.3) is 0 Å². The molecule has 0 radical (unpaired) electrons. The van der Waals surface area contributed by atoms with Crippen molar-refractivity contribution < 1.29 is 5.11 Å². The van der Waals surface area contributed by atoms with Crippen LogP contribution in [0.3, 0.4) is 0 Å². The lowest BCUT2D eigenvalue weighted by Gasteiger charge is -1.98. The molecule has 1 heterocycles. The van der Waals surface area contributed by atoms with E-state index >= 15 is 0 Å². The minimum absolute atomic E-state index is 0.229. The summed E-state index contributed by atoms with van der Waals surface area (Å²) < 4.78 is 0. The summed E-state index contributed by atoms with van der Waals surface area (Å²) in [6.45, 7) is 4.09. The molecular weight excluding hydrogens is 236 g/mol. The van der Waals surface area contributed by atoms with Gasteiger partial charge in [-0.25, -0.2) is 4.98 Å². The van der Waals surface area contributed by atoms with Crippen molar-refractivity contribution >= 4 is 11.0 Å². The van der Waals surface area contributed by atoms with E-state index in [9.17, 15) is 5.11 Å². The molecule has 96 valence electrons. The second-order valence-electron chi connectivity index (χ2n) is 4.97. The maximum Gasteiger partial charge on any atom is 0.143 e. The third-order valence-electron chi connectivity index (χ3n) is 3.37. The Kier molecular flexibility index (Phi) is 2.75. The molecule has 0 aliphatic rings. The lowest BCUT2D eigenvalue weighted by molar-refractivity contribution is 0.480. The molecule has 3 heteroatoms. The molecule has 0 saturated heterocycles. The molecule has 0 aliphatic carbocycles. The van der Waals surface area contributed by atoms with Gasteiger partial charge in [-0.1, -0.05) is 35.9 Å². The van der Waals surface area contributed by atoms with Gasteiger partial charge < -0.3 is 10.1 Å². The molecule has 0 unspecified atom stereocenters. The van der Waals surface area contributed by atoms with E-state index in [4.69, 9.17) is 0 Å². The van der Waals surface area contributed by atoms with Crippen LogP contribution < -0.4 is 0 Å². The van der Waals surface area contributed by atoms with E-state index < -0.39 is 0 Å². The first-order valence-electron chi connectivity index (χ1n) is 6.36. The summed E-state index contributed by atoms with van der Waals surface area (Å²) in [5.41, 5.74) is 5.13. The monoisotopic (exact) mass is 252 g/mol. The second kappa shape index (κ2) is 4.43. The lowest BCUT2D eigenvalue weighted by atomic mass is 10.1. The van der Waals surface area contributed by atoms with E-state index in [2.05, 4.69) is 41.2 Å². The first-order valence-corrected chi connectivity index (χ1v) is 6.36. The van der Waals surface area contributed by atoms with E-state index in [0.717, 1.165) is 23.3 Å². The van der Waals surface area contributed by atoms with Gasteiger partial charge in [0, 0.05) is 6.42 Å². The number of fused-ring (bicyclic) bond motifs is 1. The first kappa shape index (κ1) is 11.8. The number of phenols is 1. The molecule has 0 atom stereocenters. The molecule has 2 N–H and O–H groups in total. The van der Waals surface area contributed by atoms with Crippen molar-refractivity contribution in [1.82, 2.24) is 9.97 Å². The number of aromatic nitrogens is 2. The summed E-state index contributed by atoms with van der Waals surface area (Å²) in [7, 11) is 0. The van der Waals surface area contributed by atoms with E-state index in [0.29, 0.717) is 5.52 Å². The van der Waals surface area contributed by atoms with Crippen molar-refractivity contribution in [2.75, 3.05) is 0 Å². The zero-order valence-electron chi connectivity index (χ0n) is 11.1. The van der Waals surface area contributed by atoms with Crippen LogP contribution in [0.4, 0.5) is 0 Å².